The molecule has 2 N–H and O–H groups in total. The molecule has 1 heterocycles. The number of aryl methyl sites for hydroxylation is 3. The Bertz CT molecular complexity index is 879. The molecule has 0 fully saturated rings. The van der Waals surface area contributed by atoms with Crippen molar-refractivity contribution < 1.29 is 0 Å². The molecule has 0 saturated heterocycles. The average Bonchev–Trinajstić information content (AvgIpc) is 2.54. The summed E-state index contributed by atoms with van der Waals surface area (Å²) in [5.74, 6) is 1.06. The molecule has 2 aromatic carbocycles. The molecular weight excluding hydrogens is 322 g/mol. The van der Waals surface area contributed by atoms with Gasteiger partial charge in [0.25, 0.3) is 0 Å². The van der Waals surface area contributed by atoms with E-state index in [9.17, 15) is 0 Å². The predicted molar refractivity (Wildman–Crippen MR) is 98.5 cm³/mol. The first-order valence-electron chi connectivity index (χ1n) is 7.58. The lowest BCUT2D eigenvalue weighted by molar-refractivity contribution is 0.981. The molecule has 3 rings (SSSR count). The van der Waals surface area contributed by atoms with Gasteiger partial charge in [-0.1, -0.05) is 23.7 Å². The molecule has 0 aliphatic heterocycles. The topological polar surface area (TPSA) is 62.7 Å². The summed E-state index contributed by atoms with van der Waals surface area (Å²) in [5.41, 5.74) is 5.23. The van der Waals surface area contributed by atoms with Crippen LogP contribution in [0.1, 0.15) is 16.7 Å². The summed E-state index contributed by atoms with van der Waals surface area (Å²) in [6, 6.07) is 11.8. The number of halogens is 1. The largest absolute Gasteiger partial charge is 0.339 e. The highest BCUT2D eigenvalue weighted by molar-refractivity contribution is 6.30. The van der Waals surface area contributed by atoms with E-state index < -0.39 is 0 Å². The zero-order valence-electron chi connectivity index (χ0n) is 13.8. The summed E-state index contributed by atoms with van der Waals surface area (Å²) in [6.45, 7) is 6.08. The lowest BCUT2D eigenvalue weighted by Gasteiger charge is -2.11. The Morgan fingerprint density at radius 1 is 0.875 bits per heavy atom. The Labute approximate surface area is 146 Å². The number of nitrogens with one attached hydrogen (secondary N) is 2. The second-order valence-corrected chi connectivity index (χ2v) is 6.13. The van der Waals surface area contributed by atoms with E-state index in [0.717, 1.165) is 22.5 Å². The van der Waals surface area contributed by atoms with Crippen LogP contribution in [0.25, 0.3) is 0 Å². The van der Waals surface area contributed by atoms with E-state index in [-0.39, 0.29) is 0 Å². The Kier molecular flexibility index (Phi) is 4.62. The summed E-state index contributed by atoms with van der Waals surface area (Å²) in [7, 11) is 0. The number of nitrogens with zero attached hydrogens (tertiary/aromatic N) is 3. The van der Waals surface area contributed by atoms with E-state index in [1.807, 2.05) is 32.0 Å². The molecule has 0 atom stereocenters. The third-order valence-electron chi connectivity index (χ3n) is 3.65. The van der Waals surface area contributed by atoms with Gasteiger partial charge >= 0.3 is 0 Å². The highest BCUT2D eigenvalue weighted by Gasteiger charge is 2.06. The third kappa shape index (κ3) is 3.81. The van der Waals surface area contributed by atoms with Crippen molar-refractivity contribution in [2.75, 3.05) is 10.6 Å². The second-order valence-electron chi connectivity index (χ2n) is 5.69. The number of aromatic nitrogens is 3. The van der Waals surface area contributed by atoms with Crippen molar-refractivity contribution in [3.63, 3.8) is 0 Å². The molecule has 3 aromatic rings. The average molecular weight is 340 g/mol. The number of rotatable bonds is 4. The van der Waals surface area contributed by atoms with Gasteiger partial charge in [-0.15, -0.1) is 5.10 Å². The van der Waals surface area contributed by atoms with Crippen LogP contribution < -0.4 is 10.6 Å². The van der Waals surface area contributed by atoms with Gasteiger partial charge in [0.05, 0.1) is 6.20 Å². The maximum Gasteiger partial charge on any atom is 0.249 e. The molecule has 0 saturated carbocycles. The normalized spacial score (nSPS) is 10.5. The second kappa shape index (κ2) is 6.84. The van der Waals surface area contributed by atoms with Gasteiger partial charge in [-0.25, -0.2) is 0 Å². The van der Waals surface area contributed by atoms with Crippen LogP contribution in [0.2, 0.25) is 5.02 Å². The van der Waals surface area contributed by atoms with Gasteiger partial charge in [-0.05, 0) is 61.7 Å². The molecule has 0 spiro atoms. The van der Waals surface area contributed by atoms with Gasteiger partial charge < -0.3 is 10.6 Å². The number of benzene rings is 2. The first-order chi connectivity index (χ1) is 11.5. The van der Waals surface area contributed by atoms with Crippen LogP contribution in [0.4, 0.5) is 23.1 Å². The zero-order valence-corrected chi connectivity index (χ0v) is 14.5. The molecule has 122 valence electrons. The standard InChI is InChI=1S/C18H18ClN5/c1-11-4-5-12(2)16(8-11)21-17-10-20-24-18(23-17)22-15-7-6-14(19)9-13(15)3/h4-10H,1-3H3,(H2,21,22,23,24). The van der Waals surface area contributed by atoms with Crippen LogP contribution in [0.5, 0.6) is 0 Å². The maximum atomic E-state index is 5.98. The predicted octanol–water partition coefficient (Wildman–Crippen LogP) is 4.94. The van der Waals surface area contributed by atoms with Crippen molar-refractivity contribution >= 4 is 34.7 Å². The highest BCUT2D eigenvalue weighted by Crippen LogP contribution is 2.23. The van der Waals surface area contributed by atoms with Gasteiger partial charge in [0.15, 0.2) is 5.82 Å². The Hall–Kier alpha value is -2.66. The zero-order chi connectivity index (χ0) is 17.1. The van der Waals surface area contributed by atoms with E-state index >= 15 is 0 Å². The van der Waals surface area contributed by atoms with Gasteiger partial charge in [0.2, 0.25) is 5.95 Å². The molecule has 6 heteroatoms. The molecule has 0 amide bonds. The number of hydrogen-bond donors (Lipinski definition) is 2. The van der Waals surface area contributed by atoms with Gasteiger partial charge in [0, 0.05) is 16.4 Å². The minimum absolute atomic E-state index is 0.427. The SMILES string of the molecule is Cc1ccc(C)c(Nc2cnnc(Nc3ccc(Cl)cc3C)n2)c1. The van der Waals surface area contributed by atoms with Gasteiger partial charge in [-0.3, -0.25) is 0 Å². The monoisotopic (exact) mass is 339 g/mol. The van der Waals surface area contributed by atoms with Crippen molar-refractivity contribution in [3.8, 4) is 0 Å². The van der Waals surface area contributed by atoms with Crippen LogP contribution >= 0.6 is 11.6 Å². The maximum absolute atomic E-state index is 5.98. The highest BCUT2D eigenvalue weighted by atomic mass is 35.5. The fourth-order valence-electron chi connectivity index (χ4n) is 2.31. The van der Waals surface area contributed by atoms with Crippen molar-refractivity contribution in [1.29, 1.82) is 0 Å². The van der Waals surface area contributed by atoms with Crippen molar-refractivity contribution in [3.05, 3.63) is 64.3 Å². The van der Waals surface area contributed by atoms with Crippen molar-refractivity contribution in [1.82, 2.24) is 15.2 Å². The smallest absolute Gasteiger partial charge is 0.249 e. The minimum atomic E-state index is 0.427. The van der Waals surface area contributed by atoms with Gasteiger partial charge in [0.1, 0.15) is 0 Å². The summed E-state index contributed by atoms with van der Waals surface area (Å²) in [6.07, 6.45) is 1.60. The first kappa shape index (κ1) is 16.2. The van der Waals surface area contributed by atoms with Crippen LogP contribution in [-0.2, 0) is 0 Å². The lowest BCUT2D eigenvalue weighted by Crippen LogP contribution is -2.04. The van der Waals surface area contributed by atoms with Crippen molar-refractivity contribution in [2.24, 2.45) is 0 Å². The van der Waals surface area contributed by atoms with E-state index in [1.54, 1.807) is 6.20 Å². The molecular formula is C18H18ClN5. The third-order valence-corrected chi connectivity index (χ3v) is 3.88. The molecule has 0 aliphatic rings. The quantitative estimate of drug-likeness (QED) is 0.705. The molecule has 5 nitrogen and oxygen atoms in total. The first-order valence-corrected chi connectivity index (χ1v) is 7.96. The summed E-state index contributed by atoms with van der Waals surface area (Å²) >= 11 is 5.98. The minimum Gasteiger partial charge on any atom is -0.339 e. The van der Waals surface area contributed by atoms with Crippen LogP contribution in [0.15, 0.2) is 42.6 Å². The lowest BCUT2D eigenvalue weighted by atomic mass is 10.1. The Morgan fingerprint density at radius 2 is 1.71 bits per heavy atom. The molecule has 0 bridgehead atoms. The van der Waals surface area contributed by atoms with Gasteiger partial charge in [-0.2, -0.15) is 10.1 Å². The summed E-state index contributed by atoms with van der Waals surface area (Å²) < 4.78 is 0. The molecule has 1 aromatic heterocycles. The summed E-state index contributed by atoms with van der Waals surface area (Å²) in [5, 5.41) is 15.2. The Balaban J connectivity index is 1.82. The fraction of sp³-hybridized carbons (Fsp3) is 0.167. The van der Waals surface area contributed by atoms with Crippen LogP contribution in [0.3, 0.4) is 0 Å². The molecule has 24 heavy (non-hydrogen) atoms. The Morgan fingerprint density at radius 3 is 2.50 bits per heavy atom. The van der Waals surface area contributed by atoms with E-state index in [4.69, 9.17) is 11.6 Å². The fourth-order valence-corrected chi connectivity index (χ4v) is 2.54. The van der Waals surface area contributed by atoms with Crippen LogP contribution in [0, 0.1) is 20.8 Å². The molecule has 0 unspecified atom stereocenters. The van der Waals surface area contributed by atoms with E-state index in [0.29, 0.717) is 16.8 Å². The number of hydrogen-bond acceptors (Lipinski definition) is 5. The van der Waals surface area contributed by atoms with Crippen LogP contribution in [-0.4, -0.2) is 15.2 Å². The number of anilines is 4. The summed E-state index contributed by atoms with van der Waals surface area (Å²) in [4.78, 5) is 4.47. The molecule has 0 aliphatic carbocycles. The van der Waals surface area contributed by atoms with E-state index in [1.165, 1.54) is 5.56 Å². The molecule has 0 radical (unpaired) electrons. The van der Waals surface area contributed by atoms with E-state index in [2.05, 4.69) is 50.9 Å². The van der Waals surface area contributed by atoms with Crippen molar-refractivity contribution in [2.45, 2.75) is 20.8 Å².